The van der Waals surface area contributed by atoms with Crippen molar-refractivity contribution in [1.82, 2.24) is 0 Å². The minimum absolute atomic E-state index is 0. The highest BCUT2D eigenvalue weighted by atomic mass is 35.5. The molecule has 0 radical (unpaired) electrons. The molecule has 0 saturated heterocycles. The Hall–Kier alpha value is -2.91. The molecule has 0 heterocycles. The molecule has 162 valence electrons. The van der Waals surface area contributed by atoms with Crippen LogP contribution in [0.1, 0.15) is 34.5 Å². The Morgan fingerprint density at radius 2 is 1.80 bits per heavy atom. The smallest absolute Gasteiger partial charge is 0.333 e. The number of thioether (sulfide) groups is 1. The van der Waals surface area contributed by atoms with Crippen LogP contribution in [0.3, 0.4) is 0 Å². The van der Waals surface area contributed by atoms with Gasteiger partial charge in [0.25, 0.3) is 0 Å². The van der Waals surface area contributed by atoms with Gasteiger partial charge < -0.3 is 26.3 Å². The molecule has 0 aromatic heterocycles. The summed E-state index contributed by atoms with van der Waals surface area (Å²) in [5, 5.41) is 10.6. The van der Waals surface area contributed by atoms with Crippen molar-refractivity contribution in [3.63, 3.8) is 0 Å². The highest BCUT2D eigenvalue weighted by Gasteiger charge is 2.28. The van der Waals surface area contributed by atoms with Gasteiger partial charge >= 0.3 is 5.97 Å². The van der Waals surface area contributed by atoms with Gasteiger partial charge in [0.15, 0.2) is 6.04 Å². The first-order valence-corrected chi connectivity index (χ1v) is 9.98. The number of benzene rings is 2. The second-order valence-corrected chi connectivity index (χ2v) is 6.77. The first kappa shape index (κ1) is 25.1. The lowest BCUT2D eigenvalue weighted by molar-refractivity contribution is -0.144. The molecule has 0 fully saturated rings. The molecule has 10 heteroatoms. The monoisotopic (exact) mass is 452 g/mol. The number of rotatable bonds is 9. The SMILES string of the molecule is CCOC(=O)C(Nc1ccc(C(=N)N)cc1)c1ccc(C(N)=O)c(SC)c1OC.Cl. The number of nitrogens with one attached hydrogen (secondary N) is 2. The molecule has 2 aromatic rings. The van der Waals surface area contributed by atoms with Gasteiger partial charge in [-0.15, -0.1) is 24.2 Å². The lowest BCUT2D eigenvalue weighted by atomic mass is 10.0. The van der Waals surface area contributed by atoms with Gasteiger partial charge in [-0.05, 0) is 43.5 Å². The summed E-state index contributed by atoms with van der Waals surface area (Å²) in [6.07, 6.45) is 1.79. The van der Waals surface area contributed by atoms with Crippen molar-refractivity contribution in [2.45, 2.75) is 17.9 Å². The van der Waals surface area contributed by atoms with E-state index in [1.807, 2.05) is 0 Å². The molecular formula is C20H25ClN4O4S. The summed E-state index contributed by atoms with van der Waals surface area (Å²) in [6, 6.07) is 9.07. The minimum Gasteiger partial charge on any atom is -0.495 e. The Morgan fingerprint density at radius 3 is 2.27 bits per heavy atom. The van der Waals surface area contributed by atoms with Crippen molar-refractivity contribution in [3.05, 3.63) is 53.1 Å². The number of ether oxygens (including phenoxy) is 2. The predicted molar refractivity (Wildman–Crippen MR) is 121 cm³/mol. The number of halogens is 1. The van der Waals surface area contributed by atoms with Crippen LogP contribution in [0.15, 0.2) is 41.3 Å². The molecule has 0 aliphatic carbocycles. The lowest BCUT2D eigenvalue weighted by Gasteiger charge is -2.23. The van der Waals surface area contributed by atoms with Crippen LogP contribution in [0.2, 0.25) is 0 Å². The lowest BCUT2D eigenvalue weighted by Crippen LogP contribution is -2.25. The van der Waals surface area contributed by atoms with E-state index in [1.54, 1.807) is 49.6 Å². The number of methoxy groups -OCH3 is 1. The fourth-order valence-electron chi connectivity index (χ4n) is 2.81. The van der Waals surface area contributed by atoms with Crippen LogP contribution in [0.4, 0.5) is 5.69 Å². The number of amidine groups is 1. The molecule has 30 heavy (non-hydrogen) atoms. The third kappa shape index (κ3) is 5.58. The van der Waals surface area contributed by atoms with Crippen LogP contribution in [0.25, 0.3) is 0 Å². The van der Waals surface area contributed by atoms with Gasteiger partial charge in [0.05, 0.1) is 24.2 Å². The number of nitrogens with two attached hydrogens (primary N) is 2. The zero-order chi connectivity index (χ0) is 21.6. The third-order valence-electron chi connectivity index (χ3n) is 4.16. The first-order valence-electron chi connectivity index (χ1n) is 8.76. The molecule has 0 spiro atoms. The molecular weight excluding hydrogens is 428 g/mol. The Kier molecular flexibility index (Phi) is 9.48. The first-order chi connectivity index (χ1) is 13.8. The zero-order valence-electron chi connectivity index (χ0n) is 16.9. The summed E-state index contributed by atoms with van der Waals surface area (Å²) >= 11 is 1.30. The molecule has 6 N–H and O–H groups in total. The molecule has 0 bridgehead atoms. The van der Waals surface area contributed by atoms with Crippen molar-refractivity contribution in [1.29, 1.82) is 5.41 Å². The van der Waals surface area contributed by atoms with E-state index in [9.17, 15) is 9.59 Å². The number of hydrogen-bond acceptors (Lipinski definition) is 7. The summed E-state index contributed by atoms with van der Waals surface area (Å²) in [4.78, 5) is 25.0. The molecule has 8 nitrogen and oxygen atoms in total. The summed E-state index contributed by atoms with van der Waals surface area (Å²) in [7, 11) is 1.47. The maximum Gasteiger partial charge on any atom is 0.333 e. The quantitative estimate of drug-likeness (QED) is 0.198. The van der Waals surface area contributed by atoms with Gasteiger partial charge in [0.1, 0.15) is 11.6 Å². The second-order valence-electron chi connectivity index (χ2n) is 5.95. The molecule has 1 amide bonds. The highest BCUT2D eigenvalue weighted by molar-refractivity contribution is 7.98. The molecule has 0 aliphatic rings. The van der Waals surface area contributed by atoms with Crippen LogP contribution in [-0.2, 0) is 9.53 Å². The summed E-state index contributed by atoms with van der Waals surface area (Å²) < 4.78 is 10.8. The van der Waals surface area contributed by atoms with Crippen molar-refractivity contribution in [3.8, 4) is 5.75 Å². The molecule has 0 aliphatic heterocycles. The Balaban J connectivity index is 0.00000450. The number of anilines is 1. The van der Waals surface area contributed by atoms with E-state index in [4.69, 9.17) is 26.4 Å². The van der Waals surface area contributed by atoms with Crippen LogP contribution < -0.4 is 21.5 Å². The normalized spacial score (nSPS) is 11.0. The number of primary amides is 1. The standard InChI is InChI=1S/C20H24N4O4S.ClH/c1-4-28-20(26)15(24-12-7-5-11(6-8-12)18(21)22)13-9-10-14(19(23)25)17(29-3)16(13)27-2;/h5-10,15,24H,4H2,1-3H3,(H3,21,22)(H2,23,25);1H. The minimum atomic E-state index is -0.888. The Bertz CT molecular complexity index is 922. The fraction of sp³-hybridized carbons (Fsp3) is 0.250. The second kappa shape index (κ2) is 11.3. The number of carbonyl (C=O) groups is 2. The average Bonchev–Trinajstić information content (AvgIpc) is 2.71. The van der Waals surface area contributed by atoms with Crippen molar-refractivity contribution in [2.24, 2.45) is 11.5 Å². The average molecular weight is 453 g/mol. The molecule has 2 aromatic carbocycles. The number of hydrogen-bond donors (Lipinski definition) is 4. The van der Waals surface area contributed by atoms with Crippen LogP contribution >= 0.6 is 24.2 Å². The fourth-order valence-corrected chi connectivity index (χ4v) is 3.59. The molecule has 1 atom stereocenters. The van der Waals surface area contributed by atoms with Gasteiger partial charge in [-0.3, -0.25) is 10.2 Å². The van der Waals surface area contributed by atoms with Crippen LogP contribution in [0, 0.1) is 5.41 Å². The van der Waals surface area contributed by atoms with Gasteiger partial charge in [-0.2, -0.15) is 0 Å². The number of nitrogen functional groups attached to an aromatic ring is 1. The van der Waals surface area contributed by atoms with E-state index < -0.39 is 17.9 Å². The van der Waals surface area contributed by atoms with Gasteiger partial charge in [-0.1, -0.05) is 6.07 Å². The van der Waals surface area contributed by atoms with E-state index in [0.717, 1.165) is 0 Å². The van der Waals surface area contributed by atoms with Crippen molar-refractivity contribution in [2.75, 3.05) is 25.3 Å². The highest BCUT2D eigenvalue weighted by Crippen LogP contribution is 2.39. The summed E-state index contributed by atoms with van der Waals surface area (Å²) in [5.74, 6) is -0.758. The van der Waals surface area contributed by atoms with Gasteiger partial charge in [0.2, 0.25) is 5.91 Å². The zero-order valence-corrected chi connectivity index (χ0v) is 18.5. The van der Waals surface area contributed by atoms with E-state index in [2.05, 4.69) is 5.32 Å². The molecule has 2 rings (SSSR count). The van der Waals surface area contributed by atoms with Crippen LogP contribution in [-0.4, -0.2) is 37.7 Å². The summed E-state index contributed by atoms with van der Waals surface area (Å²) in [6.45, 7) is 1.93. The maximum absolute atomic E-state index is 12.7. The maximum atomic E-state index is 12.7. The van der Waals surface area contributed by atoms with Crippen molar-refractivity contribution >= 4 is 47.6 Å². The topological polar surface area (TPSA) is 141 Å². The summed E-state index contributed by atoms with van der Waals surface area (Å²) in [5.41, 5.74) is 13.0. The van der Waals surface area contributed by atoms with E-state index >= 15 is 0 Å². The number of esters is 1. The van der Waals surface area contributed by atoms with Gasteiger partial charge in [0, 0.05) is 16.8 Å². The van der Waals surface area contributed by atoms with E-state index in [0.29, 0.717) is 33.0 Å². The number of amides is 1. The third-order valence-corrected chi connectivity index (χ3v) is 4.97. The number of carbonyl (C=O) groups excluding carboxylic acids is 2. The Labute approximate surface area is 185 Å². The van der Waals surface area contributed by atoms with Gasteiger partial charge in [-0.25, -0.2) is 4.79 Å². The predicted octanol–water partition coefficient (Wildman–Crippen LogP) is 2.94. The van der Waals surface area contributed by atoms with Crippen molar-refractivity contribution < 1.29 is 19.1 Å². The Morgan fingerprint density at radius 1 is 1.17 bits per heavy atom. The van der Waals surface area contributed by atoms with E-state index in [1.165, 1.54) is 18.9 Å². The largest absolute Gasteiger partial charge is 0.495 e. The van der Waals surface area contributed by atoms with Crippen LogP contribution in [0.5, 0.6) is 5.75 Å². The van der Waals surface area contributed by atoms with E-state index in [-0.39, 0.29) is 24.8 Å². The molecule has 0 saturated carbocycles. The molecule has 1 unspecified atom stereocenters.